The average molecular weight is 251 g/mol. The molecule has 0 amide bonds. The number of ether oxygens (including phenoxy) is 1. The van der Waals surface area contributed by atoms with Crippen LogP contribution in [0.5, 0.6) is 0 Å². The molecule has 0 aliphatic rings. The quantitative estimate of drug-likeness (QED) is 0.386. The maximum atomic E-state index is 11.4. The third kappa shape index (κ3) is 5.54. The number of rotatable bonds is 7. The Bertz CT molecular complexity index is 374. The topological polar surface area (TPSA) is 104 Å². The summed E-state index contributed by atoms with van der Waals surface area (Å²) in [5.74, 6) is -0.201. The minimum atomic E-state index is -0.201. The van der Waals surface area contributed by atoms with Crippen LogP contribution in [-0.4, -0.2) is 12.5 Å². The smallest absolute Gasteiger partial charge is 0.306 e. The molecular formula is C13H21N3O2. The zero-order valence-electron chi connectivity index (χ0n) is 10.5. The van der Waals surface area contributed by atoms with E-state index in [0.29, 0.717) is 24.3 Å². The van der Waals surface area contributed by atoms with Gasteiger partial charge in [0.2, 0.25) is 0 Å². The highest BCUT2D eigenvalue weighted by Crippen LogP contribution is 2.14. The number of esters is 1. The summed E-state index contributed by atoms with van der Waals surface area (Å²) in [6.45, 7) is 0.878. The van der Waals surface area contributed by atoms with Crippen molar-refractivity contribution in [1.29, 1.82) is 0 Å². The minimum Gasteiger partial charge on any atom is -0.461 e. The Kier molecular flexibility index (Phi) is 6.00. The second-order valence-corrected chi connectivity index (χ2v) is 4.27. The Morgan fingerprint density at radius 3 is 2.33 bits per heavy atom. The molecule has 5 nitrogen and oxygen atoms in total. The Morgan fingerprint density at radius 2 is 1.72 bits per heavy atom. The lowest BCUT2D eigenvalue weighted by Gasteiger charge is -2.06. The van der Waals surface area contributed by atoms with Gasteiger partial charge >= 0.3 is 5.97 Å². The fraction of sp³-hybridized carbons (Fsp3) is 0.462. The van der Waals surface area contributed by atoms with Gasteiger partial charge in [-0.3, -0.25) is 4.79 Å². The van der Waals surface area contributed by atoms with Gasteiger partial charge in [-0.15, -0.1) is 0 Å². The van der Waals surface area contributed by atoms with E-state index >= 15 is 0 Å². The SMILES string of the molecule is NCCCCCC(=O)OCc1cc(N)cc(N)c1. The molecule has 0 bridgehead atoms. The highest BCUT2D eigenvalue weighted by Gasteiger charge is 2.04. The number of nitrogens with two attached hydrogens (primary N) is 3. The second-order valence-electron chi connectivity index (χ2n) is 4.27. The number of carbonyl (C=O) groups excluding carboxylic acids is 1. The van der Waals surface area contributed by atoms with Crippen LogP contribution < -0.4 is 17.2 Å². The van der Waals surface area contributed by atoms with Gasteiger partial charge in [-0.25, -0.2) is 0 Å². The van der Waals surface area contributed by atoms with E-state index in [2.05, 4.69) is 0 Å². The molecule has 0 fully saturated rings. The first kappa shape index (κ1) is 14.3. The van der Waals surface area contributed by atoms with Crippen molar-refractivity contribution >= 4 is 17.3 Å². The number of hydrogen-bond donors (Lipinski definition) is 3. The molecule has 0 aromatic heterocycles. The summed E-state index contributed by atoms with van der Waals surface area (Å²) in [6, 6.07) is 5.16. The summed E-state index contributed by atoms with van der Waals surface area (Å²) in [5.41, 5.74) is 18.6. The molecular weight excluding hydrogens is 230 g/mol. The monoisotopic (exact) mass is 251 g/mol. The second kappa shape index (κ2) is 7.55. The van der Waals surface area contributed by atoms with Crippen LogP contribution in [0.25, 0.3) is 0 Å². The molecule has 0 spiro atoms. The molecule has 5 heteroatoms. The van der Waals surface area contributed by atoms with Crippen molar-refractivity contribution in [3.05, 3.63) is 23.8 Å². The van der Waals surface area contributed by atoms with E-state index < -0.39 is 0 Å². The van der Waals surface area contributed by atoms with Crippen molar-refractivity contribution in [2.45, 2.75) is 32.3 Å². The molecule has 0 unspecified atom stereocenters. The molecule has 0 saturated heterocycles. The summed E-state index contributed by atoms with van der Waals surface area (Å²) in [7, 11) is 0. The summed E-state index contributed by atoms with van der Waals surface area (Å²) < 4.78 is 5.14. The first-order valence-electron chi connectivity index (χ1n) is 6.12. The average Bonchev–Trinajstić information content (AvgIpc) is 2.31. The Hall–Kier alpha value is -1.75. The van der Waals surface area contributed by atoms with Gasteiger partial charge in [0.1, 0.15) is 6.61 Å². The maximum Gasteiger partial charge on any atom is 0.306 e. The van der Waals surface area contributed by atoms with Crippen molar-refractivity contribution in [3.8, 4) is 0 Å². The third-order valence-corrected chi connectivity index (χ3v) is 2.52. The van der Waals surface area contributed by atoms with E-state index in [9.17, 15) is 4.79 Å². The van der Waals surface area contributed by atoms with Crippen molar-refractivity contribution in [2.75, 3.05) is 18.0 Å². The van der Waals surface area contributed by atoms with E-state index in [4.69, 9.17) is 21.9 Å². The number of anilines is 2. The standard InChI is InChI=1S/C13H21N3O2/c14-5-3-1-2-4-13(17)18-9-10-6-11(15)8-12(16)7-10/h6-8H,1-5,9,14-16H2. The highest BCUT2D eigenvalue weighted by molar-refractivity contribution is 5.69. The highest BCUT2D eigenvalue weighted by atomic mass is 16.5. The van der Waals surface area contributed by atoms with Gasteiger partial charge in [0, 0.05) is 17.8 Å². The fourth-order valence-corrected chi connectivity index (χ4v) is 1.66. The largest absolute Gasteiger partial charge is 0.461 e. The maximum absolute atomic E-state index is 11.4. The van der Waals surface area contributed by atoms with Crippen LogP contribution in [-0.2, 0) is 16.1 Å². The minimum absolute atomic E-state index is 0.201. The first-order chi connectivity index (χ1) is 8.61. The number of hydrogen-bond acceptors (Lipinski definition) is 5. The molecule has 0 saturated carbocycles. The summed E-state index contributed by atoms with van der Waals surface area (Å²) in [5, 5.41) is 0. The molecule has 0 radical (unpaired) electrons. The van der Waals surface area contributed by atoms with Gasteiger partial charge in [-0.1, -0.05) is 6.42 Å². The number of nitrogen functional groups attached to an aromatic ring is 2. The van der Waals surface area contributed by atoms with E-state index in [1.165, 1.54) is 0 Å². The lowest BCUT2D eigenvalue weighted by atomic mass is 10.2. The molecule has 1 aromatic carbocycles. The molecule has 0 atom stereocenters. The number of carbonyl (C=O) groups is 1. The number of benzene rings is 1. The van der Waals surface area contributed by atoms with E-state index in [0.717, 1.165) is 24.8 Å². The van der Waals surface area contributed by atoms with E-state index in [1.807, 2.05) is 0 Å². The number of unbranched alkanes of at least 4 members (excludes halogenated alkanes) is 2. The fourth-order valence-electron chi connectivity index (χ4n) is 1.66. The first-order valence-corrected chi connectivity index (χ1v) is 6.12. The van der Waals surface area contributed by atoms with Crippen LogP contribution in [0.1, 0.15) is 31.2 Å². The van der Waals surface area contributed by atoms with Gasteiger partial charge < -0.3 is 21.9 Å². The zero-order chi connectivity index (χ0) is 13.4. The van der Waals surface area contributed by atoms with E-state index in [1.54, 1.807) is 18.2 Å². The Balaban J connectivity index is 2.29. The van der Waals surface area contributed by atoms with Gasteiger partial charge in [-0.05, 0) is 43.1 Å². The summed E-state index contributed by atoms with van der Waals surface area (Å²) >= 11 is 0. The van der Waals surface area contributed by atoms with Crippen LogP contribution in [0, 0.1) is 0 Å². The van der Waals surface area contributed by atoms with Gasteiger partial charge in [-0.2, -0.15) is 0 Å². The van der Waals surface area contributed by atoms with Crippen LogP contribution >= 0.6 is 0 Å². The molecule has 0 aliphatic heterocycles. The van der Waals surface area contributed by atoms with Gasteiger partial charge in [0.15, 0.2) is 0 Å². The van der Waals surface area contributed by atoms with Crippen molar-refractivity contribution in [3.63, 3.8) is 0 Å². The predicted octanol–water partition coefficient (Wildman–Crippen LogP) is 1.41. The molecule has 1 rings (SSSR count). The molecule has 1 aromatic rings. The molecule has 18 heavy (non-hydrogen) atoms. The van der Waals surface area contributed by atoms with Gasteiger partial charge in [0.05, 0.1) is 0 Å². The molecule has 100 valence electrons. The van der Waals surface area contributed by atoms with E-state index in [-0.39, 0.29) is 12.6 Å². The lowest BCUT2D eigenvalue weighted by molar-refractivity contribution is -0.145. The van der Waals surface area contributed by atoms with Crippen molar-refractivity contribution < 1.29 is 9.53 Å². The molecule has 6 N–H and O–H groups in total. The van der Waals surface area contributed by atoms with Crippen LogP contribution in [0.15, 0.2) is 18.2 Å². The zero-order valence-corrected chi connectivity index (χ0v) is 10.5. The van der Waals surface area contributed by atoms with Gasteiger partial charge in [0.25, 0.3) is 0 Å². The van der Waals surface area contributed by atoms with Crippen molar-refractivity contribution in [1.82, 2.24) is 0 Å². The van der Waals surface area contributed by atoms with Crippen LogP contribution in [0.3, 0.4) is 0 Å². The Labute approximate surface area is 107 Å². The Morgan fingerprint density at radius 1 is 1.06 bits per heavy atom. The van der Waals surface area contributed by atoms with Crippen LogP contribution in [0.4, 0.5) is 11.4 Å². The molecule has 0 aliphatic carbocycles. The molecule has 0 heterocycles. The summed E-state index contributed by atoms with van der Waals surface area (Å²) in [4.78, 5) is 11.4. The normalized spacial score (nSPS) is 10.3. The summed E-state index contributed by atoms with van der Waals surface area (Å²) in [6.07, 6.45) is 3.14. The van der Waals surface area contributed by atoms with Crippen LogP contribution in [0.2, 0.25) is 0 Å². The lowest BCUT2D eigenvalue weighted by Crippen LogP contribution is -2.06. The predicted molar refractivity (Wildman–Crippen MR) is 72.6 cm³/mol. The third-order valence-electron chi connectivity index (χ3n) is 2.52. The van der Waals surface area contributed by atoms with Crippen molar-refractivity contribution in [2.24, 2.45) is 5.73 Å².